The van der Waals surface area contributed by atoms with Crippen LogP contribution in [0, 0.1) is 5.92 Å². The second kappa shape index (κ2) is 7.69. The minimum Gasteiger partial charge on any atom is -0.382 e. The third-order valence-electron chi connectivity index (χ3n) is 5.83. The van der Waals surface area contributed by atoms with Gasteiger partial charge in [0.2, 0.25) is 5.91 Å². The number of nitrogen functional groups attached to an aromatic ring is 1. The summed E-state index contributed by atoms with van der Waals surface area (Å²) in [6.45, 7) is 2.07. The number of rotatable bonds is 5. The Morgan fingerprint density at radius 1 is 1.21 bits per heavy atom. The summed E-state index contributed by atoms with van der Waals surface area (Å²) in [7, 11) is 1.73. The minimum atomic E-state index is -0.139. The Hall–Kier alpha value is -3.16. The Kier molecular flexibility index (Phi) is 5.08. The molecule has 0 radical (unpaired) electrons. The normalized spacial score (nSPS) is 16.9. The summed E-state index contributed by atoms with van der Waals surface area (Å²) >= 11 is 0. The number of amides is 2. The topological polar surface area (TPSA) is 102 Å². The highest BCUT2D eigenvalue weighted by molar-refractivity contribution is 6.01. The summed E-state index contributed by atoms with van der Waals surface area (Å²) in [6.07, 6.45) is 3.19. The molecular weight excluding hydrogens is 370 g/mol. The van der Waals surface area contributed by atoms with Gasteiger partial charge in [-0.2, -0.15) is 5.10 Å². The van der Waals surface area contributed by atoms with E-state index in [0.717, 1.165) is 11.1 Å². The molecule has 2 amide bonds. The molecule has 8 nitrogen and oxygen atoms in total. The van der Waals surface area contributed by atoms with Crippen molar-refractivity contribution in [3.05, 3.63) is 47.2 Å². The number of hydrogen-bond acceptors (Lipinski definition) is 5. The number of likely N-dealkylation sites (tertiary alicyclic amines) is 1. The molecule has 0 bridgehead atoms. The van der Waals surface area contributed by atoms with Crippen molar-refractivity contribution >= 4 is 23.4 Å². The van der Waals surface area contributed by atoms with Gasteiger partial charge in [-0.3, -0.25) is 19.1 Å². The fraction of sp³-hybridized carbons (Fsp3) is 0.429. The minimum absolute atomic E-state index is 0.00290. The standard InChI is InChI=1S/C21H25N5O3/c1-24-13-17(20(22)23-24)19(28)14-6-9-25(10-7-14)18(27)8-11-26-12-15-4-2-3-5-16(15)21(26)29/h2-5,13-14H,6-12H2,1H3,(H2,22,23). The van der Waals surface area contributed by atoms with Crippen LogP contribution in [0.2, 0.25) is 0 Å². The van der Waals surface area contributed by atoms with Gasteiger partial charge < -0.3 is 15.5 Å². The summed E-state index contributed by atoms with van der Waals surface area (Å²) in [6, 6.07) is 7.56. The van der Waals surface area contributed by atoms with Gasteiger partial charge in [-0.05, 0) is 24.5 Å². The van der Waals surface area contributed by atoms with Gasteiger partial charge in [-0.25, -0.2) is 0 Å². The van der Waals surface area contributed by atoms with Crippen molar-refractivity contribution in [2.75, 3.05) is 25.4 Å². The van der Waals surface area contributed by atoms with Crippen LogP contribution in [0.25, 0.3) is 0 Å². The fourth-order valence-electron chi connectivity index (χ4n) is 4.19. The Morgan fingerprint density at radius 3 is 2.59 bits per heavy atom. The quantitative estimate of drug-likeness (QED) is 0.773. The monoisotopic (exact) mass is 395 g/mol. The van der Waals surface area contributed by atoms with Crippen molar-refractivity contribution in [1.82, 2.24) is 19.6 Å². The first kappa shape index (κ1) is 19.2. The number of ketones is 1. The molecule has 29 heavy (non-hydrogen) atoms. The Balaban J connectivity index is 1.27. The number of nitrogens with two attached hydrogens (primary N) is 1. The van der Waals surface area contributed by atoms with E-state index in [1.165, 1.54) is 0 Å². The van der Waals surface area contributed by atoms with Crippen LogP contribution in [0.1, 0.15) is 45.5 Å². The number of fused-ring (bicyclic) bond motifs is 1. The Bertz CT molecular complexity index is 959. The molecule has 3 heterocycles. The molecular formula is C21H25N5O3. The van der Waals surface area contributed by atoms with Crippen LogP contribution in [0.4, 0.5) is 5.82 Å². The Morgan fingerprint density at radius 2 is 1.93 bits per heavy atom. The number of aromatic nitrogens is 2. The van der Waals surface area contributed by atoms with E-state index in [2.05, 4.69) is 5.10 Å². The van der Waals surface area contributed by atoms with Gasteiger partial charge in [0.1, 0.15) is 0 Å². The first-order chi connectivity index (χ1) is 13.9. The molecule has 2 aromatic rings. The van der Waals surface area contributed by atoms with Crippen LogP contribution in [-0.2, 0) is 18.4 Å². The van der Waals surface area contributed by atoms with E-state index in [-0.39, 0.29) is 29.3 Å². The first-order valence-electron chi connectivity index (χ1n) is 9.92. The molecule has 1 saturated heterocycles. The highest BCUT2D eigenvalue weighted by Crippen LogP contribution is 2.25. The van der Waals surface area contributed by atoms with E-state index in [0.29, 0.717) is 51.0 Å². The summed E-state index contributed by atoms with van der Waals surface area (Å²) in [5.74, 6) is 0.142. The third kappa shape index (κ3) is 3.74. The van der Waals surface area contributed by atoms with Crippen molar-refractivity contribution in [2.45, 2.75) is 25.8 Å². The van der Waals surface area contributed by atoms with Crippen molar-refractivity contribution in [2.24, 2.45) is 13.0 Å². The highest BCUT2D eigenvalue weighted by atomic mass is 16.2. The molecule has 0 atom stereocenters. The molecule has 2 N–H and O–H groups in total. The van der Waals surface area contributed by atoms with Crippen LogP contribution < -0.4 is 5.73 Å². The second-order valence-corrected chi connectivity index (χ2v) is 7.75. The molecule has 1 aromatic heterocycles. The molecule has 2 aliphatic rings. The summed E-state index contributed by atoms with van der Waals surface area (Å²) in [5, 5.41) is 4.03. The molecule has 0 spiro atoms. The fourth-order valence-corrected chi connectivity index (χ4v) is 4.19. The van der Waals surface area contributed by atoms with Gasteiger partial charge in [-0.1, -0.05) is 18.2 Å². The zero-order chi connectivity index (χ0) is 20.5. The lowest BCUT2D eigenvalue weighted by Crippen LogP contribution is -2.41. The van der Waals surface area contributed by atoms with Crippen molar-refractivity contribution < 1.29 is 14.4 Å². The largest absolute Gasteiger partial charge is 0.382 e. The maximum atomic E-state index is 12.7. The van der Waals surface area contributed by atoms with Crippen LogP contribution in [0.3, 0.4) is 0 Å². The van der Waals surface area contributed by atoms with Gasteiger partial charge in [0.25, 0.3) is 5.91 Å². The van der Waals surface area contributed by atoms with Gasteiger partial charge in [0.15, 0.2) is 11.6 Å². The average Bonchev–Trinajstić information content (AvgIpc) is 3.24. The average molecular weight is 395 g/mol. The first-order valence-corrected chi connectivity index (χ1v) is 9.92. The van der Waals surface area contributed by atoms with Gasteiger partial charge in [-0.15, -0.1) is 0 Å². The number of aryl methyl sites for hydroxylation is 1. The van der Waals surface area contributed by atoms with E-state index in [4.69, 9.17) is 5.73 Å². The summed E-state index contributed by atoms with van der Waals surface area (Å²) in [5.41, 5.74) is 8.02. The lowest BCUT2D eigenvalue weighted by atomic mass is 9.89. The zero-order valence-electron chi connectivity index (χ0n) is 16.5. The number of Topliss-reactive ketones (excluding diaryl/α,β-unsaturated/α-hetero) is 1. The van der Waals surface area contributed by atoms with Gasteiger partial charge in [0, 0.05) is 57.3 Å². The SMILES string of the molecule is Cn1cc(C(=O)C2CCN(C(=O)CCN3Cc4ccccc4C3=O)CC2)c(N)n1. The smallest absolute Gasteiger partial charge is 0.254 e. The van der Waals surface area contributed by atoms with E-state index < -0.39 is 0 Å². The lowest BCUT2D eigenvalue weighted by Gasteiger charge is -2.31. The number of hydrogen-bond donors (Lipinski definition) is 1. The summed E-state index contributed by atoms with van der Waals surface area (Å²) in [4.78, 5) is 41.2. The van der Waals surface area contributed by atoms with Gasteiger partial charge >= 0.3 is 0 Å². The third-order valence-corrected chi connectivity index (χ3v) is 5.83. The number of carbonyl (C=O) groups is 3. The molecule has 2 aliphatic heterocycles. The van der Waals surface area contributed by atoms with E-state index >= 15 is 0 Å². The van der Waals surface area contributed by atoms with Crippen LogP contribution in [0.5, 0.6) is 0 Å². The number of piperidine rings is 1. The predicted molar refractivity (Wildman–Crippen MR) is 107 cm³/mol. The summed E-state index contributed by atoms with van der Waals surface area (Å²) < 4.78 is 1.54. The van der Waals surface area contributed by atoms with E-state index in [1.807, 2.05) is 24.3 Å². The number of carbonyl (C=O) groups excluding carboxylic acids is 3. The molecule has 0 unspecified atom stereocenters. The molecule has 152 valence electrons. The maximum absolute atomic E-state index is 12.7. The second-order valence-electron chi connectivity index (χ2n) is 7.75. The molecule has 4 rings (SSSR count). The molecule has 1 aromatic carbocycles. The Labute approximate surface area is 169 Å². The maximum Gasteiger partial charge on any atom is 0.254 e. The number of benzene rings is 1. The highest BCUT2D eigenvalue weighted by Gasteiger charge is 2.31. The number of anilines is 1. The molecule has 8 heteroatoms. The van der Waals surface area contributed by atoms with Crippen LogP contribution in [-0.4, -0.2) is 56.8 Å². The van der Waals surface area contributed by atoms with Crippen molar-refractivity contribution in [3.8, 4) is 0 Å². The molecule has 0 aliphatic carbocycles. The van der Waals surface area contributed by atoms with E-state index in [1.54, 1.807) is 27.7 Å². The van der Waals surface area contributed by atoms with Crippen molar-refractivity contribution in [3.63, 3.8) is 0 Å². The lowest BCUT2D eigenvalue weighted by molar-refractivity contribution is -0.132. The predicted octanol–water partition coefficient (Wildman–Crippen LogP) is 1.47. The number of nitrogens with zero attached hydrogens (tertiary/aromatic N) is 4. The van der Waals surface area contributed by atoms with Crippen molar-refractivity contribution in [1.29, 1.82) is 0 Å². The van der Waals surface area contributed by atoms with E-state index in [9.17, 15) is 14.4 Å². The van der Waals surface area contributed by atoms with Crippen LogP contribution >= 0.6 is 0 Å². The van der Waals surface area contributed by atoms with Crippen LogP contribution in [0.15, 0.2) is 30.5 Å². The zero-order valence-corrected chi connectivity index (χ0v) is 16.5. The molecule has 1 fully saturated rings. The van der Waals surface area contributed by atoms with Gasteiger partial charge in [0.05, 0.1) is 5.56 Å². The molecule has 0 saturated carbocycles.